The van der Waals surface area contributed by atoms with Crippen molar-refractivity contribution in [1.82, 2.24) is 24.8 Å². The monoisotopic (exact) mass is 333 g/mol. The standard InChI is InChI=1S/C13H11N5O2S2/c19-10-7-14-11(20)17(10)5-6-21-12-15-16-13-18(12)8-3-1-2-4-9(8)22-13/h1-4H,5-7H2,(H,14,20). The molecule has 22 heavy (non-hydrogen) atoms. The van der Waals surface area contributed by atoms with Crippen LogP contribution in [0, 0.1) is 0 Å². The van der Waals surface area contributed by atoms with E-state index >= 15 is 0 Å². The fraction of sp³-hybridized carbons (Fsp3) is 0.231. The van der Waals surface area contributed by atoms with E-state index in [1.54, 1.807) is 11.3 Å². The maximum Gasteiger partial charge on any atom is 0.324 e. The van der Waals surface area contributed by atoms with Crippen molar-refractivity contribution in [3.8, 4) is 0 Å². The largest absolute Gasteiger partial charge is 0.329 e. The van der Waals surface area contributed by atoms with Crippen molar-refractivity contribution in [3.05, 3.63) is 24.3 Å². The van der Waals surface area contributed by atoms with Crippen LogP contribution in [-0.4, -0.2) is 50.3 Å². The fourth-order valence-corrected chi connectivity index (χ4v) is 4.25. The van der Waals surface area contributed by atoms with Crippen LogP contribution >= 0.6 is 23.1 Å². The first-order valence-electron chi connectivity index (χ1n) is 6.68. The lowest BCUT2D eigenvalue weighted by atomic mass is 10.3. The van der Waals surface area contributed by atoms with Gasteiger partial charge in [0, 0.05) is 12.3 Å². The molecule has 3 aromatic rings. The van der Waals surface area contributed by atoms with E-state index in [4.69, 9.17) is 0 Å². The summed E-state index contributed by atoms with van der Waals surface area (Å²) in [6.45, 7) is 0.458. The number of hydrogen-bond donors (Lipinski definition) is 1. The lowest BCUT2D eigenvalue weighted by Gasteiger charge is -2.10. The van der Waals surface area contributed by atoms with Crippen molar-refractivity contribution in [2.45, 2.75) is 5.16 Å². The van der Waals surface area contributed by atoms with Gasteiger partial charge in [-0.05, 0) is 12.1 Å². The van der Waals surface area contributed by atoms with E-state index in [1.165, 1.54) is 16.7 Å². The summed E-state index contributed by atoms with van der Waals surface area (Å²) < 4.78 is 3.17. The Bertz CT molecular complexity index is 871. The van der Waals surface area contributed by atoms with Crippen LogP contribution in [0.15, 0.2) is 29.4 Å². The number of carbonyl (C=O) groups excluding carboxylic acids is 2. The van der Waals surface area contributed by atoms with Crippen LogP contribution in [0.25, 0.3) is 15.2 Å². The highest BCUT2D eigenvalue weighted by Gasteiger charge is 2.27. The first-order valence-corrected chi connectivity index (χ1v) is 8.48. The highest BCUT2D eigenvalue weighted by molar-refractivity contribution is 7.99. The van der Waals surface area contributed by atoms with Crippen LogP contribution in [0.3, 0.4) is 0 Å². The van der Waals surface area contributed by atoms with E-state index in [2.05, 4.69) is 21.6 Å². The first kappa shape index (κ1) is 13.5. The molecule has 3 heterocycles. The van der Waals surface area contributed by atoms with Crippen molar-refractivity contribution in [3.63, 3.8) is 0 Å². The predicted octanol–water partition coefficient (Wildman–Crippen LogP) is 1.59. The zero-order chi connectivity index (χ0) is 15.1. The SMILES string of the molecule is O=C1CNC(=O)N1CCSc1nnc2sc3ccccc3n12. The number of thioether (sulfide) groups is 1. The average molecular weight is 333 g/mol. The summed E-state index contributed by atoms with van der Waals surface area (Å²) in [6, 6.07) is 7.74. The Labute approximate surface area is 133 Å². The summed E-state index contributed by atoms with van der Waals surface area (Å²) in [5.74, 6) is 0.405. The molecule has 1 aromatic carbocycles. The molecule has 1 aliphatic rings. The number of imide groups is 1. The number of nitrogens with one attached hydrogen (secondary N) is 1. The molecule has 2 aromatic heterocycles. The van der Waals surface area contributed by atoms with Gasteiger partial charge >= 0.3 is 6.03 Å². The number of benzene rings is 1. The van der Waals surface area contributed by atoms with Crippen molar-refractivity contribution < 1.29 is 9.59 Å². The van der Waals surface area contributed by atoms with Crippen LogP contribution in [0.2, 0.25) is 0 Å². The van der Waals surface area contributed by atoms with Gasteiger partial charge in [-0.15, -0.1) is 10.2 Å². The van der Waals surface area contributed by atoms with Gasteiger partial charge in [0.2, 0.25) is 10.9 Å². The summed E-state index contributed by atoms with van der Waals surface area (Å²) >= 11 is 3.08. The molecule has 1 saturated heterocycles. The van der Waals surface area contributed by atoms with Crippen molar-refractivity contribution >= 4 is 50.2 Å². The Morgan fingerprint density at radius 2 is 2.14 bits per heavy atom. The molecule has 0 unspecified atom stereocenters. The topological polar surface area (TPSA) is 79.6 Å². The third-order valence-electron chi connectivity index (χ3n) is 3.39. The van der Waals surface area contributed by atoms with Gasteiger partial charge in [-0.2, -0.15) is 0 Å². The molecule has 4 rings (SSSR count). The first-order chi connectivity index (χ1) is 10.7. The number of thiazole rings is 1. The highest BCUT2D eigenvalue weighted by atomic mass is 32.2. The van der Waals surface area contributed by atoms with Crippen LogP contribution in [0.1, 0.15) is 0 Å². The second-order valence-corrected chi connectivity index (χ2v) is 6.79. The molecule has 1 fully saturated rings. The quantitative estimate of drug-likeness (QED) is 0.579. The second kappa shape index (κ2) is 5.25. The Kier molecular flexibility index (Phi) is 3.23. The van der Waals surface area contributed by atoms with E-state index in [9.17, 15) is 9.59 Å². The zero-order valence-electron chi connectivity index (χ0n) is 11.4. The van der Waals surface area contributed by atoms with Gasteiger partial charge in [0.15, 0.2) is 5.16 Å². The van der Waals surface area contributed by atoms with Crippen molar-refractivity contribution in [2.75, 3.05) is 18.8 Å². The molecule has 112 valence electrons. The van der Waals surface area contributed by atoms with Crippen LogP contribution in [0.4, 0.5) is 4.79 Å². The summed E-state index contributed by atoms with van der Waals surface area (Å²) in [6.07, 6.45) is 0. The number of rotatable bonds is 4. The molecule has 0 bridgehead atoms. The minimum absolute atomic E-state index is 0.0911. The zero-order valence-corrected chi connectivity index (χ0v) is 13.0. The van der Waals surface area contributed by atoms with Gasteiger partial charge in [-0.3, -0.25) is 14.1 Å². The molecule has 3 amide bonds. The Morgan fingerprint density at radius 3 is 2.95 bits per heavy atom. The van der Waals surface area contributed by atoms with Gasteiger partial charge in [-0.25, -0.2) is 4.79 Å². The third-order valence-corrected chi connectivity index (χ3v) is 5.32. The number of para-hydroxylation sites is 1. The molecule has 0 aliphatic carbocycles. The number of nitrogens with zero attached hydrogens (tertiary/aromatic N) is 4. The van der Waals surface area contributed by atoms with Crippen LogP contribution in [-0.2, 0) is 4.79 Å². The molecular weight excluding hydrogens is 322 g/mol. The normalized spacial score (nSPS) is 15.2. The summed E-state index contributed by atoms with van der Waals surface area (Å²) in [4.78, 5) is 25.1. The molecule has 0 radical (unpaired) electrons. The molecule has 1 N–H and O–H groups in total. The Morgan fingerprint density at radius 1 is 1.27 bits per heavy atom. The smallest absolute Gasteiger partial charge is 0.324 e. The van der Waals surface area contributed by atoms with Gasteiger partial charge in [0.05, 0.1) is 16.8 Å². The molecule has 0 atom stereocenters. The van der Waals surface area contributed by atoms with Crippen LogP contribution < -0.4 is 5.32 Å². The highest BCUT2D eigenvalue weighted by Crippen LogP contribution is 2.29. The van der Waals surface area contributed by atoms with Crippen molar-refractivity contribution in [2.24, 2.45) is 0 Å². The van der Waals surface area contributed by atoms with Crippen molar-refractivity contribution in [1.29, 1.82) is 0 Å². The number of amides is 3. The number of fused-ring (bicyclic) bond motifs is 3. The van der Waals surface area contributed by atoms with Gasteiger partial charge < -0.3 is 5.32 Å². The molecule has 9 heteroatoms. The summed E-state index contributed by atoms with van der Waals surface area (Å²) in [5, 5.41) is 11.7. The summed E-state index contributed by atoms with van der Waals surface area (Å²) in [5.41, 5.74) is 1.07. The van der Waals surface area contributed by atoms with Gasteiger partial charge in [-0.1, -0.05) is 35.2 Å². The Balaban J connectivity index is 1.54. The number of hydrogen-bond acceptors (Lipinski definition) is 6. The second-order valence-electron chi connectivity index (χ2n) is 4.72. The van der Waals surface area contributed by atoms with E-state index in [0.717, 1.165) is 20.3 Å². The third kappa shape index (κ3) is 2.13. The molecule has 0 saturated carbocycles. The number of urea groups is 1. The van der Waals surface area contributed by atoms with Gasteiger partial charge in [0.25, 0.3) is 0 Å². The van der Waals surface area contributed by atoms with E-state index in [0.29, 0.717) is 12.3 Å². The molecule has 0 spiro atoms. The predicted molar refractivity (Wildman–Crippen MR) is 84.2 cm³/mol. The minimum Gasteiger partial charge on any atom is -0.329 e. The fourth-order valence-electron chi connectivity index (χ4n) is 2.36. The number of aromatic nitrogens is 3. The maximum absolute atomic E-state index is 11.5. The maximum atomic E-state index is 11.5. The lowest BCUT2D eigenvalue weighted by Crippen LogP contribution is -2.32. The molecule has 1 aliphatic heterocycles. The Hall–Kier alpha value is -2.13. The average Bonchev–Trinajstić information content (AvgIpc) is 3.16. The summed E-state index contributed by atoms with van der Waals surface area (Å²) in [7, 11) is 0. The molecule has 7 nitrogen and oxygen atoms in total. The number of carbonyl (C=O) groups is 2. The van der Waals surface area contributed by atoms with Gasteiger partial charge in [0.1, 0.15) is 0 Å². The van der Waals surface area contributed by atoms with E-state index < -0.39 is 0 Å². The molecular formula is C13H11N5O2S2. The minimum atomic E-state index is -0.321. The van der Waals surface area contributed by atoms with E-state index in [-0.39, 0.29) is 18.5 Å². The van der Waals surface area contributed by atoms with Crippen LogP contribution in [0.5, 0.6) is 0 Å². The van der Waals surface area contributed by atoms with E-state index in [1.807, 2.05) is 22.6 Å². The lowest BCUT2D eigenvalue weighted by molar-refractivity contribution is -0.124.